The van der Waals surface area contributed by atoms with E-state index in [1.165, 1.54) is 0 Å². The molecule has 43 valence electrons. The van der Waals surface area contributed by atoms with Crippen molar-refractivity contribution in [3.8, 4) is 0 Å². The van der Waals surface area contributed by atoms with Gasteiger partial charge in [-0.3, -0.25) is 0 Å². The molecule has 0 unspecified atom stereocenters. The topological polar surface area (TPSA) is 18.5 Å². The summed E-state index contributed by atoms with van der Waals surface area (Å²) >= 11 is 0. The van der Waals surface area contributed by atoms with E-state index in [0.29, 0.717) is 13.2 Å². The van der Waals surface area contributed by atoms with Crippen molar-refractivity contribution < 1.29 is 29.0 Å². The van der Waals surface area contributed by atoms with E-state index in [4.69, 9.17) is 0 Å². The Morgan fingerprint density at radius 1 is 1.00 bits per heavy atom. The van der Waals surface area contributed by atoms with Gasteiger partial charge in [-0.25, -0.2) is 0 Å². The molecule has 0 saturated heterocycles. The van der Waals surface area contributed by atoms with Crippen LogP contribution in [0.2, 0.25) is 0 Å². The van der Waals surface area contributed by atoms with Crippen LogP contribution in [0, 0.1) is 0 Å². The van der Waals surface area contributed by atoms with Crippen LogP contribution in [-0.4, -0.2) is 35.8 Å². The maximum Gasteiger partial charge on any atom is 0.0696 e. The van der Waals surface area contributed by atoms with Crippen molar-refractivity contribution in [3.63, 3.8) is 0 Å². The second-order valence-electron chi connectivity index (χ2n) is 0.986. The van der Waals surface area contributed by atoms with Crippen molar-refractivity contribution in [2.45, 2.75) is 0 Å². The van der Waals surface area contributed by atoms with Crippen molar-refractivity contribution in [1.82, 2.24) is 0 Å². The molecule has 8 heavy (non-hydrogen) atoms. The fourth-order valence-corrected chi connectivity index (χ4v) is 0.167. The molecule has 0 fully saturated rings. The molecule has 0 aliphatic carbocycles. The Morgan fingerprint density at radius 3 is 1.38 bits per heavy atom. The molecule has 0 rings (SSSR count). The Morgan fingerprint density at radius 2 is 1.25 bits per heavy atom. The quantitative estimate of drug-likeness (QED) is 0.430. The molecule has 0 aliphatic rings. The Kier molecular flexibility index (Phi) is 31.0. The molecular weight excluding hydrogens is 156 g/mol. The molecular formula is C4H10BO2Zn. The van der Waals surface area contributed by atoms with Crippen molar-refractivity contribution in [2.24, 2.45) is 0 Å². The number of rotatable bonds is 3. The van der Waals surface area contributed by atoms with Crippen LogP contribution in [-0.2, 0) is 29.0 Å². The van der Waals surface area contributed by atoms with Crippen molar-refractivity contribution >= 4 is 8.41 Å². The van der Waals surface area contributed by atoms with Crippen LogP contribution in [0.3, 0.4) is 0 Å². The summed E-state index contributed by atoms with van der Waals surface area (Å²) in [7, 11) is 3.30. The van der Waals surface area contributed by atoms with E-state index in [2.05, 4.69) is 9.47 Å². The van der Waals surface area contributed by atoms with E-state index in [0.717, 1.165) is 0 Å². The molecule has 3 radical (unpaired) electrons. The largest absolute Gasteiger partial charge is 0.382 e. The van der Waals surface area contributed by atoms with Gasteiger partial charge in [0.2, 0.25) is 0 Å². The molecule has 0 amide bonds. The van der Waals surface area contributed by atoms with Gasteiger partial charge >= 0.3 is 0 Å². The van der Waals surface area contributed by atoms with Gasteiger partial charge in [-0.1, -0.05) is 0 Å². The van der Waals surface area contributed by atoms with Crippen molar-refractivity contribution in [1.29, 1.82) is 0 Å². The summed E-state index contributed by atoms with van der Waals surface area (Å²) in [5.74, 6) is 0. The molecule has 0 spiro atoms. The summed E-state index contributed by atoms with van der Waals surface area (Å²) in [5, 5.41) is 0. The Labute approximate surface area is 65.3 Å². The third-order valence-corrected chi connectivity index (χ3v) is 0.492. The van der Waals surface area contributed by atoms with E-state index < -0.39 is 0 Å². The maximum absolute atomic E-state index is 4.66. The molecule has 0 N–H and O–H groups in total. The molecule has 2 nitrogen and oxygen atoms in total. The molecule has 0 bridgehead atoms. The first-order valence-corrected chi connectivity index (χ1v) is 1.89. The number of methoxy groups -OCH3 is 2. The molecule has 0 saturated carbocycles. The minimum atomic E-state index is 0. The molecule has 0 atom stereocenters. The minimum Gasteiger partial charge on any atom is -0.382 e. The standard InChI is InChI=1S/C4H10O2.B.Zn/c1-5-3-4-6-2;;/h3-4H2,1-2H3;;. The van der Waals surface area contributed by atoms with Crippen LogP contribution in [0.1, 0.15) is 0 Å². The molecule has 0 aromatic heterocycles. The molecule has 0 heterocycles. The van der Waals surface area contributed by atoms with Gasteiger partial charge in [0.25, 0.3) is 0 Å². The first kappa shape index (κ1) is 15.8. The van der Waals surface area contributed by atoms with Gasteiger partial charge in [0.1, 0.15) is 0 Å². The summed E-state index contributed by atoms with van der Waals surface area (Å²) in [6.07, 6.45) is 0. The van der Waals surface area contributed by atoms with Gasteiger partial charge in [0, 0.05) is 42.1 Å². The van der Waals surface area contributed by atoms with Gasteiger partial charge in [0.05, 0.1) is 13.2 Å². The zero-order valence-electron chi connectivity index (χ0n) is 5.52. The third-order valence-electron chi connectivity index (χ3n) is 0.492. The molecule has 0 aromatic carbocycles. The monoisotopic (exact) mass is 165 g/mol. The van der Waals surface area contributed by atoms with Crippen LogP contribution < -0.4 is 0 Å². The van der Waals surface area contributed by atoms with E-state index >= 15 is 0 Å². The van der Waals surface area contributed by atoms with E-state index in [9.17, 15) is 0 Å². The fourth-order valence-electron chi connectivity index (χ4n) is 0.167. The first-order chi connectivity index (χ1) is 2.91. The van der Waals surface area contributed by atoms with E-state index in [1.807, 2.05) is 0 Å². The summed E-state index contributed by atoms with van der Waals surface area (Å²) in [5.41, 5.74) is 0. The average molecular weight is 166 g/mol. The Balaban J connectivity index is -0.000000125. The Hall–Kier alpha value is 0.608. The second kappa shape index (κ2) is 15.6. The zero-order valence-corrected chi connectivity index (χ0v) is 8.48. The van der Waals surface area contributed by atoms with Gasteiger partial charge in [0.15, 0.2) is 0 Å². The normalized spacial score (nSPS) is 6.75. The smallest absolute Gasteiger partial charge is 0.0696 e. The third kappa shape index (κ3) is 16.0. The first-order valence-electron chi connectivity index (χ1n) is 1.89. The summed E-state index contributed by atoms with van der Waals surface area (Å²) < 4.78 is 9.31. The predicted octanol–water partition coefficient (Wildman–Crippen LogP) is -0.104. The Bertz CT molecular complexity index is 26.0. The maximum atomic E-state index is 4.66. The van der Waals surface area contributed by atoms with Crippen LogP contribution in [0.15, 0.2) is 0 Å². The summed E-state index contributed by atoms with van der Waals surface area (Å²) in [6, 6.07) is 0. The molecule has 0 aliphatic heterocycles. The second-order valence-corrected chi connectivity index (χ2v) is 0.986. The van der Waals surface area contributed by atoms with Crippen LogP contribution in [0.25, 0.3) is 0 Å². The van der Waals surface area contributed by atoms with Crippen LogP contribution in [0.5, 0.6) is 0 Å². The fraction of sp³-hybridized carbons (Fsp3) is 1.00. The number of ether oxygens (including phenoxy) is 2. The van der Waals surface area contributed by atoms with E-state index in [1.54, 1.807) is 14.2 Å². The SMILES string of the molecule is COCCOC.[B].[Zn]. The van der Waals surface area contributed by atoms with Crippen molar-refractivity contribution in [3.05, 3.63) is 0 Å². The van der Waals surface area contributed by atoms with Crippen LogP contribution in [0.4, 0.5) is 0 Å². The minimum absolute atomic E-state index is 0. The van der Waals surface area contributed by atoms with Gasteiger partial charge in [-0.15, -0.1) is 0 Å². The number of hydrogen-bond acceptors (Lipinski definition) is 2. The molecule has 4 heteroatoms. The van der Waals surface area contributed by atoms with Crippen LogP contribution >= 0.6 is 0 Å². The van der Waals surface area contributed by atoms with Crippen molar-refractivity contribution in [2.75, 3.05) is 27.4 Å². The average Bonchev–Trinajstić information content (AvgIpc) is 1.61. The zero-order chi connectivity index (χ0) is 4.83. The predicted molar refractivity (Wildman–Crippen MR) is 29.5 cm³/mol. The summed E-state index contributed by atoms with van der Waals surface area (Å²) in [6.45, 7) is 1.38. The molecule has 0 aromatic rings. The van der Waals surface area contributed by atoms with Gasteiger partial charge in [-0.2, -0.15) is 0 Å². The number of hydrogen-bond donors (Lipinski definition) is 0. The van der Waals surface area contributed by atoms with Gasteiger partial charge < -0.3 is 9.47 Å². The summed E-state index contributed by atoms with van der Waals surface area (Å²) in [4.78, 5) is 0. The van der Waals surface area contributed by atoms with Gasteiger partial charge in [-0.05, 0) is 0 Å². The van der Waals surface area contributed by atoms with E-state index in [-0.39, 0.29) is 27.9 Å².